The zero-order valence-electron chi connectivity index (χ0n) is 8.40. The van der Waals surface area contributed by atoms with E-state index >= 15 is 0 Å². The molecule has 0 unspecified atom stereocenters. The van der Waals surface area contributed by atoms with E-state index in [-0.39, 0.29) is 17.3 Å². The first-order chi connectivity index (χ1) is 6.43. The van der Waals surface area contributed by atoms with E-state index in [1.807, 2.05) is 20.8 Å². The van der Waals surface area contributed by atoms with Crippen LogP contribution in [-0.4, -0.2) is 15.6 Å². The second-order valence-electron chi connectivity index (χ2n) is 3.44. The summed E-state index contributed by atoms with van der Waals surface area (Å²) in [6, 6.07) is 0. The van der Waals surface area contributed by atoms with Gasteiger partial charge in [-0.3, -0.25) is 14.2 Å². The molecule has 0 aromatic carbocycles. The fraction of sp³-hybridized carbons (Fsp3) is 0.556. The number of carbonyl (C=O) groups is 1. The highest BCUT2D eigenvalue weighted by Gasteiger charge is 2.16. The van der Waals surface area contributed by atoms with Gasteiger partial charge in [0.2, 0.25) is 0 Å². The Hall–Kier alpha value is -1.10. The van der Waals surface area contributed by atoms with Gasteiger partial charge in [-0.25, -0.2) is 0 Å². The Morgan fingerprint density at radius 3 is 2.57 bits per heavy atom. The molecule has 0 bridgehead atoms. The fourth-order valence-electron chi connectivity index (χ4n) is 1.53. The average molecular weight is 215 g/mol. The largest absolute Gasteiger partial charge is 0.480 e. The SMILES string of the molecule is Cc1sc(=O)n(CC(=O)O)c1C(C)C. The monoisotopic (exact) mass is 215 g/mol. The highest BCUT2D eigenvalue weighted by molar-refractivity contribution is 7.09. The second kappa shape index (κ2) is 3.96. The van der Waals surface area contributed by atoms with Gasteiger partial charge < -0.3 is 5.11 Å². The molecule has 0 saturated carbocycles. The molecule has 0 radical (unpaired) electrons. The predicted molar refractivity (Wildman–Crippen MR) is 55.0 cm³/mol. The van der Waals surface area contributed by atoms with Crippen molar-refractivity contribution in [2.45, 2.75) is 33.2 Å². The summed E-state index contributed by atoms with van der Waals surface area (Å²) in [6.45, 7) is 5.51. The van der Waals surface area contributed by atoms with Crippen LogP contribution in [0.4, 0.5) is 0 Å². The van der Waals surface area contributed by atoms with Crippen molar-refractivity contribution < 1.29 is 9.90 Å². The molecule has 0 atom stereocenters. The maximum absolute atomic E-state index is 11.4. The molecular weight excluding hydrogens is 202 g/mol. The highest BCUT2D eigenvalue weighted by atomic mass is 32.1. The van der Waals surface area contributed by atoms with Crippen molar-refractivity contribution in [1.29, 1.82) is 0 Å². The van der Waals surface area contributed by atoms with Crippen LogP contribution in [0.3, 0.4) is 0 Å². The van der Waals surface area contributed by atoms with E-state index < -0.39 is 5.97 Å². The Kier molecular flexibility index (Phi) is 3.10. The number of thiazole rings is 1. The number of carboxylic acid groups (broad SMARTS) is 1. The Morgan fingerprint density at radius 1 is 1.57 bits per heavy atom. The maximum atomic E-state index is 11.4. The fourth-order valence-corrected chi connectivity index (χ4v) is 2.52. The first kappa shape index (κ1) is 11.0. The molecule has 0 aliphatic heterocycles. The van der Waals surface area contributed by atoms with Crippen molar-refractivity contribution >= 4 is 17.3 Å². The van der Waals surface area contributed by atoms with Crippen LogP contribution in [0.1, 0.15) is 30.3 Å². The first-order valence-corrected chi connectivity index (χ1v) is 5.17. The summed E-state index contributed by atoms with van der Waals surface area (Å²) in [6.07, 6.45) is 0. The van der Waals surface area contributed by atoms with Gasteiger partial charge in [0.05, 0.1) is 0 Å². The second-order valence-corrected chi connectivity index (χ2v) is 4.61. The summed E-state index contributed by atoms with van der Waals surface area (Å²) in [5.74, 6) is -0.805. The lowest BCUT2D eigenvalue weighted by molar-refractivity contribution is -0.137. The number of nitrogens with zero attached hydrogens (tertiary/aromatic N) is 1. The van der Waals surface area contributed by atoms with Gasteiger partial charge in [-0.05, 0) is 12.8 Å². The maximum Gasteiger partial charge on any atom is 0.323 e. The minimum Gasteiger partial charge on any atom is -0.480 e. The molecule has 0 saturated heterocycles. The third-order valence-electron chi connectivity index (χ3n) is 1.95. The summed E-state index contributed by atoms with van der Waals surface area (Å²) in [5.41, 5.74) is 0.836. The Bertz CT molecular complexity index is 403. The molecule has 1 aromatic rings. The number of hydrogen-bond donors (Lipinski definition) is 1. The minimum atomic E-state index is -0.980. The van der Waals surface area contributed by atoms with E-state index in [2.05, 4.69) is 0 Å². The minimum absolute atomic E-state index is 0.174. The predicted octanol–water partition coefficient (Wildman–Crippen LogP) is 1.43. The first-order valence-electron chi connectivity index (χ1n) is 4.35. The van der Waals surface area contributed by atoms with Crippen LogP contribution in [0, 0.1) is 6.92 Å². The van der Waals surface area contributed by atoms with Crippen LogP contribution < -0.4 is 4.87 Å². The Balaban J connectivity index is 3.25. The zero-order valence-corrected chi connectivity index (χ0v) is 9.22. The topological polar surface area (TPSA) is 59.3 Å². The van der Waals surface area contributed by atoms with Gasteiger partial charge in [0.25, 0.3) is 0 Å². The molecule has 0 aliphatic carbocycles. The quantitative estimate of drug-likeness (QED) is 0.829. The Morgan fingerprint density at radius 2 is 2.14 bits per heavy atom. The van der Waals surface area contributed by atoms with Crippen molar-refractivity contribution in [3.05, 3.63) is 20.2 Å². The van der Waals surface area contributed by atoms with Crippen LogP contribution in [-0.2, 0) is 11.3 Å². The third-order valence-corrected chi connectivity index (χ3v) is 2.86. The number of aromatic nitrogens is 1. The van der Waals surface area contributed by atoms with E-state index in [1.165, 1.54) is 4.57 Å². The number of hydrogen-bond acceptors (Lipinski definition) is 3. The standard InChI is InChI=1S/C9H13NO3S/c1-5(2)8-6(3)14-9(13)10(8)4-7(11)12/h5H,4H2,1-3H3,(H,11,12). The summed E-state index contributed by atoms with van der Waals surface area (Å²) in [5, 5.41) is 8.65. The van der Waals surface area contributed by atoms with Gasteiger partial charge >= 0.3 is 10.8 Å². The van der Waals surface area contributed by atoms with E-state index in [4.69, 9.17) is 5.11 Å². The molecule has 5 heteroatoms. The van der Waals surface area contributed by atoms with Gasteiger partial charge in [0, 0.05) is 10.6 Å². The molecule has 1 rings (SSSR count). The molecule has 1 aromatic heterocycles. The van der Waals surface area contributed by atoms with Crippen LogP contribution in [0.2, 0.25) is 0 Å². The smallest absolute Gasteiger partial charge is 0.323 e. The molecule has 0 amide bonds. The molecule has 1 N–H and O–H groups in total. The van der Waals surface area contributed by atoms with Crippen molar-refractivity contribution in [2.75, 3.05) is 0 Å². The van der Waals surface area contributed by atoms with Crippen LogP contribution in [0.5, 0.6) is 0 Å². The van der Waals surface area contributed by atoms with Gasteiger partial charge in [-0.1, -0.05) is 25.2 Å². The third kappa shape index (κ3) is 2.04. The molecule has 1 heterocycles. The van der Waals surface area contributed by atoms with Crippen molar-refractivity contribution in [1.82, 2.24) is 4.57 Å². The van der Waals surface area contributed by atoms with Crippen molar-refractivity contribution in [3.63, 3.8) is 0 Å². The normalized spacial score (nSPS) is 10.9. The van der Waals surface area contributed by atoms with Crippen LogP contribution in [0.15, 0.2) is 4.79 Å². The molecule has 0 aliphatic rings. The van der Waals surface area contributed by atoms with Gasteiger partial charge in [-0.15, -0.1) is 0 Å². The lowest BCUT2D eigenvalue weighted by atomic mass is 10.1. The number of rotatable bonds is 3. The zero-order chi connectivity index (χ0) is 10.9. The summed E-state index contributed by atoms with van der Waals surface area (Å²) >= 11 is 1.11. The molecular formula is C9H13NO3S. The summed E-state index contributed by atoms with van der Waals surface area (Å²) < 4.78 is 1.34. The molecule has 78 valence electrons. The number of aryl methyl sites for hydroxylation is 1. The lowest BCUT2D eigenvalue weighted by Crippen LogP contribution is -2.21. The highest BCUT2D eigenvalue weighted by Crippen LogP contribution is 2.20. The van der Waals surface area contributed by atoms with E-state index in [1.54, 1.807) is 0 Å². The number of carboxylic acids is 1. The van der Waals surface area contributed by atoms with Gasteiger partial charge in [0.15, 0.2) is 0 Å². The van der Waals surface area contributed by atoms with E-state index in [0.717, 1.165) is 21.9 Å². The van der Waals surface area contributed by atoms with Gasteiger partial charge in [0.1, 0.15) is 6.54 Å². The van der Waals surface area contributed by atoms with Crippen molar-refractivity contribution in [3.8, 4) is 0 Å². The molecule has 4 nitrogen and oxygen atoms in total. The number of aliphatic carboxylic acids is 1. The average Bonchev–Trinajstić information content (AvgIpc) is 2.25. The summed E-state index contributed by atoms with van der Waals surface area (Å²) in [7, 11) is 0. The molecule has 0 spiro atoms. The van der Waals surface area contributed by atoms with Crippen LogP contribution >= 0.6 is 11.3 Å². The van der Waals surface area contributed by atoms with Gasteiger partial charge in [-0.2, -0.15) is 0 Å². The van der Waals surface area contributed by atoms with Crippen molar-refractivity contribution in [2.24, 2.45) is 0 Å². The molecule has 14 heavy (non-hydrogen) atoms. The lowest BCUT2D eigenvalue weighted by Gasteiger charge is -2.09. The molecule has 0 fully saturated rings. The Labute approximate surface area is 85.8 Å². The van der Waals surface area contributed by atoms with E-state index in [0.29, 0.717) is 0 Å². The van der Waals surface area contributed by atoms with E-state index in [9.17, 15) is 9.59 Å². The van der Waals surface area contributed by atoms with Crippen LogP contribution in [0.25, 0.3) is 0 Å². The summed E-state index contributed by atoms with van der Waals surface area (Å²) in [4.78, 5) is 22.7.